The first-order chi connectivity index (χ1) is 12.0. The molecule has 25 heavy (non-hydrogen) atoms. The second kappa shape index (κ2) is 7.08. The van der Waals surface area contributed by atoms with Gasteiger partial charge in [-0.2, -0.15) is 5.10 Å². The highest BCUT2D eigenvalue weighted by Gasteiger charge is 2.31. The van der Waals surface area contributed by atoms with E-state index in [1.165, 1.54) is 17.3 Å². The Kier molecular flexibility index (Phi) is 4.87. The summed E-state index contributed by atoms with van der Waals surface area (Å²) in [5, 5.41) is 3.96. The highest BCUT2D eigenvalue weighted by atomic mass is 19.1. The molecule has 0 aliphatic carbocycles. The summed E-state index contributed by atoms with van der Waals surface area (Å²) in [6, 6.07) is 2.40. The first-order valence-corrected chi connectivity index (χ1v) is 8.09. The van der Waals surface area contributed by atoms with Gasteiger partial charge in [0.2, 0.25) is 5.91 Å². The molecule has 1 atom stereocenters. The van der Waals surface area contributed by atoms with Gasteiger partial charge in [0.1, 0.15) is 30.3 Å². The fraction of sp³-hybridized carbons (Fsp3) is 0.412. The van der Waals surface area contributed by atoms with Crippen LogP contribution < -0.4 is 0 Å². The second-order valence-electron chi connectivity index (χ2n) is 6.14. The van der Waals surface area contributed by atoms with E-state index in [1.807, 2.05) is 0 Å². The van der Waals surface area contributed by atoms with Crippen molar-refractivity contribution in [3.63, 3.8) is 0 Å². The van der Waals surface area contributed by atoms with Crippen LogP contribution in [0.4, 0.5) is 8.78 Å². The highest BCUT2D eigenvalue weighted by Crippen LogP contribution is 2.25. The average molecular weight is 348 g/mol. The summed E-state index contributed by atoms with van der Waals surface area (Å²) in [6.45, 7) is 2.52. The Morgan fingerprint density at radius 2 is 1.96 bits per heavy atom. The van der Waals surface area contributed by atoms with Gasteiger partial charge in [-0.3, -0.25) is 9.59 Å². The van der Waals surface area contributed by atoms with Gasteiger partial charge in [-0.15, -0.1) is 0 Å². The van der Waals surface area contributed by atoms with Crippen LogP contribution in [0.1, 0.15) is 36.2 Å². The van der Waals surface area contributed by atoms with Crippen molar-refractivity contribution in [2.75, 3.05) is 13.1 Å². The minimum Gasteiger partial charge on any atom is -0.341 e. The Balaban J connectivity index is 1.62. The Bertz CT molecular complexity index is 771. The Labute approximate surface area is 143 Å². The van der Waals surface area contributed by atoms with E-state index in [1.54, 1.807) is 11.8 Å². The largest absolute Gasteiger partial charge is 0.341 e. The van der Waals surface area contributed by atoms with Crippen molar-refractivity contribution < 1.29 is 18.4 Å². The number of ketones is 1. The molecule has 6 nitrogen and oxygen atoms in total. The third kappa shape index (κ3) is 3.57. The number of hydrogen-bond donors (Lipinski definition) is 0. The van der Waals surface area contributed by atoms with Crippen LogP contribution in [0.15, 0.2) is 30.9 Å². The normalized spacial score (nSPS) is 16.7. The summed E-state index contributed by atoms with van der Waals surface area (Å²) in [5.74, 6) is -2.28. The van der Waals surface area contributed by atoms with Gasteiger partial charge in [-0.25, -0.2) is 18.4 Å². The molecule has 1 fully saturated rings. The molecule has 0 unspecified atom stereocenters. The van der Waals surface area contributed by atoms with Crippen LogP contribution >= 0.6 is 0 Å². The molecule has 0 saturated carbocycles. The van der Waals surface area contributed by atoms with Crippen LogP contribution in [0, 0.1) is 17.6 Å². The number of halogens is 2. The molecule has 0 N–H and O–H groups in total. The van der Waals surface area contributed by atoms with Crippen molar-refractivity contribution in [3.8, 4) is 0 Å². The number of benzene rings is 1. The number of nitrogens with zero attached hydrogens (tertiary/aromatic N) is 4. The van der Waals surface area contributed by atoms with Crippen LogP contribution in [0.25, 0.3) is 0 Å². The molecule has 132 valence electrons. The van der Waals surface area contributed by atoms with E-state index >= 15 is 0 Å². The first-order valence-electron chi connectivity index (χ1n) is 8.09. The number of carbonyl (C=O) groups is 2. The molecule has 1 aromatic carbocycles. The van der Waals surface area contributed by atoms with Gasteiger partial charge in [0.25, 0.3) is 0 Å². The lowest BCUT2D eigenvalue weighted by molar-refractivity contribution is -0.135. The molecule has 1 aromatic heterocycles. The van der Waals surface area contributed by atoms with E-state index in [2.05, 4.69) is 10.1 Å². The third-order valence-corrected chi connectivity index (χ3v) is 4.56. The average Bonchev–Trinajstić information content (AvgIpc) is 3.16. The molecule has 1 amide bonds. The molecular weight excluding hydrogens is 330 g/mol. The van der Waals surface area contributed by atoms with Crippen LogP contribution in [-0.2, 0) is 4.79 Å². The van der Waals surface area contributed by atoms with Crippen molar-refractivity contribution in [2.45, 2.75) is 25.8 Å². The number of likely N-dealkylation sites (tertiary alicyclic amines) is 1. The Morgan fingerprint density at radius 1 is 1.24 bits per heavy atom. The van der Waals surface area contributed by atoms with Gasteiger partial charge >= 0.3 is 0 Å². The van der Waals surface area contributed by atoms with Crippen LogP contribution in [-0.4, -0.2) is 44.4 Å². The zero-order valence-electron chi connectivity index (χ0n) is 13.7. The SMILES string of the molecule is C[C@@H](C(=O)N1CCC(C(=O)c2cc(F)ccc2F)CC1)n1cncn1. The molecule has 3 rings (SSSR count). The highest BCUT2D eigenvalue weighted by molar-refractivity contribution is 5.98. The van der Waals surface area contributed by atoms with Crippen LogP contribution in [0.3, 0.4) is 0 Å². The van der Waals surface area contributed by atoms with Gasteiger partial charge in [-0.05, 0) is 38.0 Å². The van der Waals surface area contributed by atoms with E-state index in [4.69, 9.17) is 0 Å². The number of hydrogen-bond acceptors (Lipinski definition) is 4. The van der Waals surface area contributed by atoms with E-state index in [9.17, 15) is 18.4 Å². The third-order valence-electron chi connectivity index (χ3n) is 4.56. The maximum absolute atomic E-state index is 13.8. The maximum atomic E-state index is 13.8. The lowest BCUT2D eigenvalue weighted by Gasteiger charge is -2.33. The van der Waals surface area contributed by atoms with Crippen molar-refractivity contribution in [1.82, 2.24) is 19.7 Å². The van der Waals surface area contributed by atoms with Gasteiger partial charge in [0, 0.05) is 19.0 Å². The molecule has 0 bridgehead atoms. The van der Waals surface area contributed by atoms with Gasteiger partial charge in [-0.1, -0.05) is 0 Å². The monoisotopic (exact) mass is 348 g/mol. The smallest absolute Gasteiger partial charge is 0.247 e. The quantitative estimate of drug-likeness (QED) is 0.795. The Hall–Kier alpha value is -2.64. The van der Waals surface area contributed by atoms with Crippen molar-refractivity contribution in [3.05, 3.63) is 48.1 Å². The fourth-order valence-electron chi connectivity index (χ4n) is 3.06. The van der Waals surface area contributed by atoms with Crippen LogP contribution in [0.5, 0.6) is 0 Å². The van der Waals surface area contributed by atoms with Crippen molar-refractivity contribution in [1.29, 1.82) is 0 Å². The predicted octanol–water partition coefficient (Wildman–Crippen LogP) is 2.24. The molecule has 0 radical (unpaired) electrons. The maximum Gasteiger partial charge on any atom is 0.247 e. The summed E-state index contributed by atoms with van der Waals surface area (Å²) >= 11 is 0. The van der Waals surface area contributed by atoms with Crippen molar-refractivity contribution in [2.24, 2.45) is 5.92 Å². The number of carbonyl (C=O) groups excluding carboxylic acids is 2. The summed E-state index contributed by atoms with van der Waals surface area (Å²) in [5.41, 5.74) is -0.222. The number of aromatic nitrogens is 3. The zero-order valence-corrected chi connectivity index (χ0v) is 13.7. The minimum atomic E-state index is -0.718. The lowest BCUT2D eigenvalue weighted by atomic mass is 9.88. The summed E-state index contributed by atoms with van der Waals surface area (Å²) in [4.78, 5) is 30.4. The molecule has 1 saturated heterocycles. The first kappa shape index (κ1) is 17.2. The van der Waals surface area contributed by atoms with Gasteiger partial charge < -0.3 is 4.90 Å². The molecule has 0 spiro atoms. The lowest BCUT2D eigenvalue weighted by Crippen LogP contribution is -2.43. The van der Waals surface area contributed by atoms with E-state index in [-0.39, 0.29) is 11.5 Å². The standard InChI is InChI=1S/C17H18F2N4O2/c1-11(23-10-20-9-21-23)17(25)22-6-4-12(5-7-22)16(24)14-8-13(18)2-3-15(14)19/h2-3,8-12H,4-7H2,1H3/t11-/m0/s1. The minimum absolute atomic E-state index is 0.103. The number of rotatable bonds is 4. The molecule has 2 heterocycles. The van der Waals surface area contributed by atoms with E-state index in [0.717, 1.165) is 18.2 Å². The summed E-state index contributed by atoms with van der Waals surface area (Å²) in [7, 11) is 0. The van der Waals surface area contributed by atoms with E-state index in [0.29, 0.717) is 25.9 Å². The molecule has 1 aliphatic rings. The predicted molar refractivity (Wildman–Crippen MR) is 84.7 cm³/mol. The fourth-order valence-corrected chi connectivity index (χ4v) is 3.06. The second-order valence-corrected chi connectivity index (χ2v) is 6.14. The molecule has 2 aromatic rings. The topological polar surface area (TPSA) is 68.1 Å². The van der Waals surface area contributed by atoms with Crippen LogP contribution in [0.2, 0.25) is 0 Å². The molecular formula is C17H18F2N4O2. The molecule has 8 heteroatoms. The van der Waals surface area contributed by atoms with Crippen molar-refractivity contribution >= 4 is 11.7 Å². The summed E-state index contributed by atoms with van der Waals surface area (Å²) < 4.78 is 28.5. The Morgan fingerprint density at radius 3 is 2.60 bits per heavy atom. The number of Topliss-reactive ketones (excluding diaryl/α,β-unsaturated/α-hetero) is 1. The summed E-state index contributed by atoms with van der Waals surface area (Å²) in [6.07, 6.45) is 3.68. The van der Waals surface area contributed by atoms with E-state index < -0.39 is 29.4 Å². The number of piperidine rings is 1. The van der Waals surface area contributed by atoms with Gasteiger partial charge in [0.15, 0.2) is 5.78 Å². The molecule has 1 aliphatic heterocycles. The van der Waals surface area contributed by atoms with Gasteiger partial charge in [0.05, 0.1) is 5.56 Å². The zero-order chi connectivity index (χ0) is 18.0. The number of amides is 1.